The maximum absolute atomic E-state index is 14.4. The molecule has 1 aromatic carbocycles. The summed E-state index contributed by atoms with van der Waals surface area (Å²) in [7, 11) is 0. The maximum Gasteiger partial charge on any atom is 0.422 e. The van der Waals surface area contributed by atoms with Crippen molar-refractivity contribution in [3.05, 3.63) is 35.9 Å². The van der Waals surface area contributed by atoms with Crippen LogP contribution in [0.3, 0.4) is 0 Å². The minimum Gasteiger partial charge on any atom is -0.490 e. The van der Waals surface area contributed by atoms with Crippen LogP contribution in [0, 0.1) is 5.82 Å². The lowest BCUT2D eigenvalue weighted by Crippen LogP contribution is -2.34. The van der Waals surface area contributed by atoms with Crippen LogP contribution in [0.25, 0.3) is 0 Å². The zero-order chi connectivity index (χ0) is 21.3. The average Bonchev–Trinajstić information content (AvgIpc) is 2.62. The summed E-state index contributed by atoms with van der Waals surface area (Å²) in [5, 5.41) is 0. The molecule has 1 amide bonds. The van der Waals surface area contributed by atoms with Crippen LogP contribution in [0.1, 0.15) is 26.3 Å². The summed E-state index contributed by atoms with van der Waals surface area (Å²) in [5.74, 6) is -1.01. The van der Waals surface area contributed by atoms with Crippen molar-refractivity contribution in [3.8, 4) is 11.5 Å². The van der Waals surface area contributed by atoms with Gasteiger partial charge in [0.1, 0.15) is 5.82 Å². The molecule has 0 aromatic heterocycles. The van der Waals surface area contributed by atoms with E-state index in [9.17, 15) is 22.4 Å². The molecule has 0 aliphatic heterocycles. The van der Waals surface area contributed by atoms with Crippen molar-refractivity contribution in [2.45, 2.75) is 33.4 Å². The van der Waals surface area contributed by atoms with Gasteiger partial charge in [0.15, 0.2) is 24.7 Å². The Morgan fingerprint density at radius 3 is 2.25 bits per heavy atom. The van der Waals surface area contributed by atoms with Gasteiger partial charge in [0, 0.05) is 25.6 Å². The second kappa shape index (κ2) is 10.8. The number of carbonyl (C=O) groups is 1. The molecule has 158 valence electrons. The van der Waals surface area contributed by atoms with Crippen LogP contribution in [-0.2, 0) is 16.0 Å². The van der Waals surface area contributed by atoms with E-state index in [1.807, 2.05) is 13.8 Å². The van der Waals surface area contributed by atoms with Gasteiger partial charge in [-0.15, -0.1) is 0 Å². The zero-order valence-corrected chi connectivity index (χ0v) is 16.2. The van der Waals surface area contributed by atoms with Crippen LogP contribution in [0.2, 0.25) is 0 Å². The Bertz CT molecular complexity index is 673. The first kappa shape index (κ1) is 23.6. The van der Waals surface area contributed by atoms with Crippen LogP contribution < -0.4 is 9.47 Å². The molecule has 0 atom stereocenters. The van der Waals surface area contributed by atoms with Crippen molar-refractivity contribution in [2.24, 2.45) is 0 Å². The van der Waals surface area contributed by atoms with Gasteiger partial charge in [0.2, 0.25) is 0 Å². The number of carbonyl (C=O) groups excluding carboxylic acids is 1. The molecule has 0 N–H and O–H groups in total. The lowest BCUT2D eigenvalue weighted by Gasteiger charge is -2.20. The third-order valence-electron chi connectivity index (χ3n) is 3.71. The normalized spacial score (nSPS) is 11.1. The summed E-state index contributed by atoms with van der Waals surface area (Å²) in [4.78, 5) is 13.6. The molecule has 0 heterocycles. The molecule has 0 spiro atoms. The van der Waals surface area contributed by atoms with Gasteiger partial charge in [-0.05, 0) is 32.4 Å². The Labute approximate surface area is 161 Å². The molecule has 0 aliphatic rings. The summed E-state index contributed by atoms with van der Waals surface area (Å²) >= 11 is 0. The van der Waals surface area contributed by atoms with E-state index in [0.29, 0.717) is 13.1 Å². The van der Waals surface area contributed by atoms with Gasteiger partial charge in [0.25, 0.3) is 5.91 Å². The summed E-state index contributed by atoms with van der Waals surface area (Å²) in [5.41, 5.74) is 0.0399. The molecule has 0 radical (unpaired) electrons. The fourth-order valence-corrected chi connectivity index (χ4v) is 2.35. The Kier molecular flexibility index (Phi) is 9.08. The highest BCUT2D eigenvalue weighted by Gasteiger charge is 2.28. The Morgan fingerprint density at radius 2 is 1.71 bits per heavy atom. The van der Waals surface area contributed by atoms with Gasteiger partial charge in [0.05, 0.1) is 12.4 Å². The smallest absolute Gasteiger partial charge is 0.422 e. The molecule has 28 heavy (non-hydrogen) atoms. The van der Waals surface area contributed by atoms with Crippen molar-refractivity contribution >= 4 is 5.91 Å². The van der Waals surface area contributed by atoms with E-state index in [1.165, 1.54) is 6.07 Å². The first-order chi connectivity index (χ1) is 13.1. The topological polar surface area (TPSA) is 48.0 Å². The third kappa shape index (κ3) is 7.66. The fourth-order valence-electron chi connectivity index (χ4n) is 2.35. The fraction of sp³-hybridized carbons (Fsp3) is 0.526. The van der Waals surface area contributed by atoms with Crippen LogP contribution >= 0.6 is 0 Å². The largest absolute Gasteiger partial charge is 0.490 e. The molecule has 0 saturated carbocycles. The number of allylic oxidation sites excluding steroid dienone is 1. The number of amides is 1. The average molecular weight is 407 g/mol. The van der Waals surface area contributed by atoms with Gasteiger partial charge in [-0.3, -0.25) is 4.79 Å². The molecule has 5 nitrogen and oxygen atoms in total. The predicted octanol–water partition coefficient (Wildman–Crippen LogP) is 4.11. The SMILES string of the molecule is C=C(Cc1cc(OCC)c(OCC(=O)N(CC)CC)cc1F)OCC(F)(F)F. The lowest BCUT2D eigenvalue weighted by atomic mass is 10.1. The molecular weight excluding hydrogens is 382 g/mol. The number of halogens is 4. The summed E-state index contributed by atoms with van der Waals surface area (Å²) < 4.78 is 66.3. The Hall–Kier alpha value is -2.45. The number of ether oxygens (including phenoxy) is 3. The van der Waals surface area contributed by atoms with Crippen molar-refractivity contribution in [1.29, 1.82) is 0 Å². The van der Waals surface area contributed by atoms with Gasteiger partial charge in [-0.2, -0.15) is 13.2 Å². The lowest BCUT2D eigenvalue weighted by molar-refractivity contribution is -0.165. The highest BCUT2D eigenvalue weighted by molar-refractivity contribution is 5.77. The van der Waals surface area contributed by atoms with Crippen LogP contribution in [-0.4, -0.2) is 49.9 Å². The molecule has 0 saturated heterocycles. The molecule has 1 aromatic rings. The van der Waals surface area contributed by atoms with Gasteiger partial charge in [-0.25, -0.2) is 4.39 Å². The van der Waals surface area contributed by atoms with Gasteiger partial charge in [-0.1, -0.05) is 6.58 Å². The second-order valence-electron chi connectivity index (χ2n) is 5.80. The van der Waals surface area contributed by atoms with E-state index in [-0.39, 0.29) is 48.4 Å². The standard InChI is InChI=1S/C19H25F4NO4/c1-5-24(6-2)18(25)11-27-17-10-15(20)14(9-16(17)26-7-3)8-13(4)28-12-19(21,22)23/h9-10H,4-8,11-12H2,1-3H3. The molecule has 0 unspecified atom stereocenters. The maximum atomic E-state index is 14.4. The molecule has 0 aliphatic carbocycles. The molecule has 0 fully saturated rings. The Morgan fingerprint density at radius 1 is 1.11 bits per heavy atom. The van der Waals surface area contributed by atoms with Crippen molar-refractivity contribution < 1.29 is 36.6 Å². The minimum absolute atomic E-state index is 0.0328. The van der Waals surface area contributed by atoms with E-state index in [2.05, 4.69) is 11.3 Å². The first-order valence-corrected chi connectivity index (χ1v) is 8.84. The number of rotatable bonds is 11. The van der Waals surface area contributed by atoms with Crippen LogP contribution in [0.5, 0.6) is 11.5 Å². The first-order valence-electron chi connectivity index (χ1n) is 8.84. The third-order valence-corrected chi connectivity index (χ3v) is 3.71. The number of hydrogen-bond acceptors (Lipinski definition) is 4. The molecule has 1 rings (SSSR count). The molecule has 9 heteroatoms. The van der Waals surface area contributed by atoms with Gasteiger partial charge >= 0.3 is 6.18 Å². The summed E-state index contributed by atoms with van der Waals surface area (Å²) in [6.45, 7) is 8.24. The summed E-state index contributed by atoms with van der Waals surface area (Å²) in [6.07, 6.45) is -4.77. The van der Waals surface area contributed by atoms with Crippen LogP contribution in [0.4, 0.5) is 17.6 Å². The number of nitrogens with zero attached hydrogens (tertiary/aromatic N) is 1. The van der Waals surface area contributed by atoms with Crippen molar-refractivity contribution in [2.75, 3.05) is 32.9 Å². The summed E-state index contributed by atoms with van der Waals surface area (Å²) in [6, 6.07) is 2.34. The number of hydrogen-bond donors (Lipinski definition) is 0. The quantitative estimate of drug-likeness (QED) is 0.409. The van der Waals surface area contributed by atoms with E-state index >= 15 is 0 Å². The molecular formula is C19H25F4NO4. The monoisotopic (exact) mass is 407 g/mol. The highest BCUT2D eigenvalue weighted by atomic mass is 19.4. The Balaban J connectivity index is 2.89. The van der Waals surface area contributed by atoms with Gasteiger partial charge < -0.3 is 19.1 Å². The zero-order valence-electron chi connectivity index (χ0n) is 16.2. The van der Waals surface area contributed by atoms with Crippen molar-refractivity contribution in [1.82, 2.24) is 4.90 Å². The minimum atomic E-state index is -4.51. The number of benzene rings is 1. The van der Waals surface area contributed by atoms with Crippen LogP contribution in [0.15, 0.2) is 24.5 Å². The number of likely N-dealkylation sites (N-methyl/N-ethyl adjacent to an activating group) is 1. The van der Waals surface area contributed by atoms with E-state index in [0.717, 1.165) is 6.07 Å². The predicted molar refractivity (Wildman–Crippen MR) is 95.8 cm³/mol. The van der Waals surface area contributed by atoms with E-state index < -0.39 is 18.6 Å². The number of alkyl halides is 3. The van der Waals surface area contributed by atoms with E-state index in [1.54, 1.807) is 11.8 Å². The van der Waals surface area contributed by atoms with Crippen molar-refractivity contribution in [3.63, 3.8) is 0 Å². The molecule has 0 bridgehead atoms. The second-order valence-corrected chi connectivity index (χ2v) is 5.80. The highest BCUT2D eigenvalue weighted by Crippen LogP contribution is 2.32. The van der Waals surface area contributed by atoms with E-state index in [4.69, 9.17) is 9.47 Å².